The maximum Gasteiger partial charge on any atom is 0.234 e. The molecule has 0 atom stereocenters. The lowest BCUT2D eigenvalue weighted by atomic mass is 9.97. The van der Waals surface area contributed by atoms with E-state index in [0.29, 0.717) is 25.6 Å². The smallest absolute Gasteiger partial charge is 0.234 e. The number of nitrogens with zero attached hydrogens (tertiary/aromatic N) is 1. The molecule has 0 aromatic rings. The summed E-state index contributed by atoms with van der Waals surface area (Å²) in [6.07, 6.45) is 3.46. The Bertz CT molecular complexity index is 317. The highest BCUT2D eigenvalue weighted by atomic mass is 16.2. The van der Waals surface area contributed by atoms with Crippen molar-refractivity contribution in [2.75, 3.05) is 45.8 Å². The second kappa shape index (κ2) is 10.6. The summed E-state index contributed by atoms with van der Waals surface area (Å²) in [6, 6.07) is 0. The first-order valence-electron chi connectivity index (χ1n) is 8.06. The molecule has 0 aromatic carbocycles. The van der Waals surface area contributed by atoms with Crippen molar-refractivity contribution in [3.63, 3.8) is 0 Å². The third kappa shape index (κ3) is 8.67. The van der Waals surface area contributed by atoms with Gasteiger partial charge in [-0.15, -0.1) is 0 Å². The molecule has 1 aliphatic heterocycles. The zero-order valence-corrected chi connectivity index (χ0v) is 13.4. The Morgan fingerprint density at radius 1 is 1.19 bits per heavy atom. The first kappa shape index (κ1) is 17.9. The van der Waals surface area contributed by atoms with Crippen molar-refractivity contribution in [1.29, 1.82) is 0 Å². The highest BCUT2D eigenvalue weighted by Crippen LogP contribution is 2.13. The molecule has 122 valence electrons. The quantitative estimate of drug-likeness (QED) is 0.522. The molecule has 1 rings (SSSR count). The molecule has 1 saturated heterocycles. The molecule has 1 heterocycles. The highest BCUT2D eigenvalue weighted by Gasteiger charge is 2.18. The lowest BCUT2D eigenvalue weighted by Gasteiger charge is -2.29. The van der Waals surface area contributed by atoms with Gasteiger partial charge in [-0.2, -0.15) is 0 Å². The maximum absolute atomic E-state index is 11.9. The summed E-state index contributed by atoms with van der Waals surface area (Å²) in [5.74, 6) is 0.676. The Hall–Kier alpha value is -1.14. The summed E-state index contributed by atoms with van der Waals surface area (Å²) in [7, 11) is 0. The Labute approximate surface area is 128 Å². The molecule has 0 unspecified atom stereocenters. The van der Waals surface area contributed by atoms with E-state index in [0.717, 1.165) is 32.6 Å². The summed E-state index contributed by atoms with van der Waals surface area (Å²) in [5.41, 5.74) is 0. The van der Waals surface area contributed by atoms with Crippen LogP contribution in [-0.4, -0.2) is 62.5 Å². The zero-order valence-electron chi connectivity index (χ0n) is 13.4. The predicted molar refractivity (Wildman–Crippen MR) is 84.0 cm³/mol. The molecular weight excluding hydrogens is 268 g/mol. The van der Waals surface area contributed by atoms with Crippen LogP contribution < -0.4 is 16.0 Å². The molecule has 6 nitrogen and oxygen atoms in total. The molecule has 0 aromatic heterocycles. The third-order valence-electron chi connectivity index (χ3n) is 3.70. The topological polar surface area (TPSA) is 73.5 Å². The van der Waals surface area contributed by atoms with E-state index in [1.54, 1.807) is 0 Å². The van der Waals surface area contributed by atoms with E-state index in [-0.39, 0.29) is 11.8 Å². The molecule has 3 N–H and O–H groups in total. The van der Waals surface area contributed by atoms with Crippen LogP contribution in [0.5, 0.6) is 0 Å². The Kier molecular flexibility index (Phi) is 9.01. The molecule has 0 spiro atoms. The minimum absolute atomic E-state index is 0.0442. The first-order valence-corrected chi connectivity index (χ1v) is 8.06. The maximum atomic E-state index is 11.9. The fraction of sp³-hybridized carbons (Fsp3) is 0.867. The molecule has 2 amide bonds. The van der Waals surface area contributed by atoms with Crippen LogP contribution in [0.2, 0.25) is 0 Å². The standard InChI is InChI=1S/C15H30N4O2/c1-3-10-19(11-14-4-6-16-7-5-14)12-15(21)18-9-8-17-13(2)20/h14,16H,3-12H2,1-2H3,(H,17,20)(H,18,21). The highest BCUT2D eigenvalue weighted by molar-refractivity contribution is 5.78. The number of carbonyl (C=O) groups excluding carboxylic acids is 2. The van der Waals surface area contributed by atoms with Crippen molar-refractivity contribution in [3.05, 3.63) is 0 Å². The summed E-state index contributed by atoms with van der Waals surface area (Å²) >= 11 is 0. The van der Waals surface area contributed by atoms with Crippen LogP contribution >= 0.6 is 0 Å². The van der Waals surface area contributed by atoms with Gasteiger partial charge in [0.2, 0.25) is 11.8 Å². The number of nitrogens with one attached hydrogen (secondary N) is 3. The molecule has 0 radical (unpaired) electrons. The summed E-state index contributed by atoms with van der Waals surface area (Å²) in [4.78, 5) is 24.9. The molecule has 0 aliphatic carbocycles. The second-order valence-electron chi connectivity index (χ2n) is 5.76. The molecule has 0 saturated carbocycles. The number of rotatable bonds is 9. The van der Waals surface area contributed by atoms with Gasteiger partial charge in [0.15, 0.2) is 0 Å². The van der Waals surface area contributed by atoms with E-state index in [1.807, 2.05) is 0 Å². The van der Waals surface area contributed by atoms with Crippen molar-refractivity contribution >= 4 is 11.8 Å². The first-order chi connectivity index (χ1) is 10.1. The van der Waals surface area contributed by atoms with Crippen LogP contribution in [0.4, 0.5) is 0 Å². The van der Waals surface area contributed by atoms with Crippen molar-refractivity contribution < 1.29 is 9.59 Å². The molecular formula is C15H30N4O2. The summed E-state index contributed by atoms with van der Waals surface area (Å²) < 4.78 is 0. The van der Waals surface area contributed by atoms with Crippen LogP contribution in [0.25, 0.3) is 0 Å². The molecule has 6 heteroatoms. The fourth-order valence-electron chi connectivity index (χ4n) is 2.68. The van der Waals surface area contributed by atoms with Gasteiger partial charge in [0.1, 0.15) is 0 Å². The van der Waals surface area contributed by atoms with Gasteiger partial charge < -0.3 is 16.0 Å². The van der Waals surface area contributed by atoms with Crippen molar-refractivity contribution in [2.45, 2.75) is 33.1 Å². The van der Waals surface area contributed by atoms with Crippen molar-refractivity contribution in [3.8, 4) is 0 Å². The number of piperidine rings is 1. The van der Waals surface area contributed by atoms with Crippen LogP contribution in [0.15, 0.2) is 0 Å². The van der Waals surface area contributed by atoms with Gasteiger partial charge in [0, 0.05) is 26.6 Å². The van der Waals surface area contributed by atoms with Crippen molar-refractivity contribution in [2.24, 2.45) is 5.92 Å². The van der Waals surface area contributed by atoms with Gasteiger partial charge >= 0.3 is 0 Å². The summed E-state index contributed by atoms with van der Waals surface area (Å²) in [5, 5.41) is 8.90. The van der Waals surface area contributed by atoms with Crippen LogP contribution in [-0.2, 0) is 9.59 Å². The van der Waals surface area contributed by atoms with Gasteiger partial charge in [-0.3, -0.25) is 14.5 Å². The molecule has 0 bridgehead atoms. The van der Waals surface area contributed by atoms with Gasteiger partial charge in [-0.05, 0) is 44.8 Å². The van der Waals surface area contributed by atoms with Crippen LogP contribution in [0.3, 0.4) is 0 Å². The minimum Gasteiger partial charge on any atom is -0.355 e. The Morgan fingerprint density at radius 2 is 1.86 bits per heavy atom. The molecule has 21 heavy (non-hydrogen) atoms. The van der Waals surface area contributed by atoms with Gasteiger partial charge in [-0.1, -0.05) is 6.92 Å². The average Bonchev–Trinajstić information content (AvgIpc) is 2.45. The van der Waals surface area contributed by atoms with E-state index in [4.69, 9.17) is 0 Å². The zero-order chi connectivity index (χ0) is 15.5. The van der Waals surface area contributed by atoms with Crippen LogP contribution in [0.1, 0.15) is 33.1 Å². The van der Waals surface area contributed by atoms with E-state index in [1.165, 1.54) is 19.8 Å². The normalized spacial score (nSPS) is 16.0. The minimum atomic E-state index is -0.0669. The van der Waals surface area contributed by atoms with Crippen molar-refractivity contribution in [1.82, 2.24) is 20.9 Å². The lowest BCUT2D eigenvalue weighted by Crippen LogP contribution is -2.43. The van der Waals surface area contributed by atoms with Gasteiger partial charge in [-0.25, -0.2) is 0 Å². The number of amides is 2. The number of hydrogen-bond acceptors (Lipinski definition) is 4. The largest absolute Gasteiger partial charge is 0.355 e. The second-order valence-corrected chi connectivity index (χ2v) is 5.76. The van der Waals surface area contributed by atoms with E-state index in [2.05, 4.69) is 27.8 Å². The third-order valence-corrected chi connectivity index (χ3v) is 3.70. The SMILES string of the molecule is CCCN(CC(=O)NCCNC(C)=O)CC1CCNCC1. The van der Waals surface area contributed by atoms with Gasteiger partial charge in [0.25, 0.3) is 0 Å². The van der Waals surface area contributed by atoms with Gasteiger partial charge in [0.05, 0.1) is 6.54 Å². The van der Waals surface area contributed by atoms with E-state index in [9.17, 15) is 9.59 Å². The summed E-state index contributed by atoms with van der Waals surface area (Å²) in [6.45, 7) is 9.21. The van der Waals surface area contributed by atoms with E-state index < -0.39 is 0 Å². The number of hydrogen-bond donors (Lipinski definition) is 3. The molecule has 1 aliphatic rings. The van der Waals surface area contributed by atoms with Crippen LogP contribution in [0, 0.1) is 5.92 Å². The predicted octanol–water partition coefficient (Wildman–Crippen LogP) is -0.0497. The fourth-order valence-corrected chi connectivity index (χ4v) is 2.68. The number of carbonyl (C=O) groups is 2. The lowest BCUT2D eigenvalue weighted by molar-refractivity contribution is -0.123. The Balaban J connectivity index is 2.24. The van der Waals surface area contributed by atoms with E-state index >= 15 is 0 Å². The monoisotopic (exact) mass is 298 g/mol. The Morgan fingerprint density at radius 3 is 2.48 bits per heavy atom. The molecule has 1 fully saturated rings. The average molecular weight is 298 g/mol.